The van der Waals surface area contributed by atoms with Crippen LogP contribution in [0.2, 0.25) is 0 Å². The van der Waals surface area contributed by atoms with Gasteiger partial charge in [0.1, 0.15) is 23.2 Å². The molecule has 2 heterocycles. The Kier molecular flexibility index (Phi) is 8.45. The summed E-state index contributed by atoms with van der Waals surface area (Å²) >= 11 is 0. The lowest BCUT2D eigenvalue weighted by atomic mass is 10.1. The number of aromatic nitrogens is 2. The molecule has 13 heteroatoms. The van der Waals surface area contributed by atoms with Crippen LogP contribution in [0.3, 0.4) is 0 Å². The van der Waals surface area contributed by atoms with Gasteiger partial charge < -0.3 is 19.0 Å². The van der Waals surface area contributed by atoms with E-state index in [0.717, 1.165) is 10.5 Å². The molecule has 0 aliphatic carbocycles. The number of carbonyl (C=O) groups is 2. The number of esters is 1. The van der Waals surface area contributed by atoms with E-state index in [9.17, 15) is 26.8 Å². The first-order valence-corrected chi connectivity index (χ1v) is 13.2. The molecule has 0 unspecified atom stereocenters. The maximum absolute atomic E-state index is 13.8. The minimum Gasteiger partial charge on any atom is -0.486 e. The van der Waals surface area contributed by atoms with E-state index in [4.69, 9.17) is 14.2 Å². The molecule has 204 valence electrons. The second-order valence-corrected chi connectivity index (χ2v) is 11.4. The smallest absolute Gasteiger partial charge is 0.333 e. The molecule has 1 atom stereocenters. The highest BCUT2D eigenvalue weighted by Gasteiger charge is 2.38. The lowest BCUT2D eigenvalue weighted by molar-refractivity contribution is -0.153. The number of Topliss-reactive ketones (excluding diaryl/α,β-unsaturated/α-hetero) is 1. The van der Waals surface area contributed by atoms with Gasteiger partial charge in [-0.3, -0.25) is 9.10 Å². The molecule has 1 aliphatic rings. The lowest BCUT2D eigenvalue weighted by Crippen LogP contribution is -2.43. The summed E-state index contributed by atoms with van der Waals surface area (Å²) in [7, 11) is -4.48. The maximum Gasteiger partial charge on any atom is 0.333 e. The van der Waals surface area contributed by atoms with Gasteiger partial charge in [0.05, 0.1) is 31.5 Å². The van der Waals surface area contributed by atoms with Gasteiger partial charge in [-0.15, -0.1) is 5.10 Å². The third-order valence-electron chi connectivity index (χ3n) is 5.26. The average molecular weight is 544 g/mol. The van der Waals surface area contributed by atoms with Crippen LogP contribution in [0.4, 0.5) is 14.5 Å². The van der Waals surface area contributed by atoms with Crippen LogP contribution in [0.25, 0.3) is 0 Å². The Morgan fingerprint density at radius 3 is 2.57 bits per heavy atom. The molecule has 10 nitrogen and oxygen atoms in total. The molecular weight excluding hydrogens is 512 g/mol. The Labute approximate surface area is 214 Å². The summed E-state index contributed by atoms with van der Waals surface area (Å²) in [5.74, 6) is -0.848. The number of benzene rings is 1. The fourth-order valence-corrected chi connectivity index (χ4v) is 5.31. The van der Waals surface area contributed by atoms with Gasteiger partial charge in [-0.1, -0.05) is 6.07 Å². The van der Waals surface area contributed by atoms with Crippen LogP contribution in [-0.2, 0) is 30.8 Å². The highest BCUT2D eigenvalue weighted by molar-refractivity contribution is 7.93. The van der Waals surface area contributed by atoms with Crippen molar-refractivity contribution in [2.45, 2.75) is 77.0 Å². The van der Waals surface area contributed by atoms with Gasteiger partial charge in [0.25, 0.3) is 15.9 Å². The minimum absolute atomic E-state index is 0.00371. The molecule has 0 N–H and O–H groups in total. The third-order valence-corrected chi connectivity index (χ3v) is 7.02. The first kappa shape index (κ1) is 28.4. The lowest BCUT2D eigenvalue weighted by Gasteiger charge is -2.35. The second kappa shape index (κ2) is 11.0. The van der Waals surface area contributed by atoms with Crippen molar-refractivity contribution in [1.82, 2.24) is 9.78 Å². The largest absolute Gasteiger partial charge is 0.486 e. The molecule has 37 heavy (non-hydrogen) atoms. The van der Waals surface area contributed by atoms with E-state index in [1.165, 1.54) is 19.1 Å². The van der Waals surface area contributed by atoms with Gasteiger partial charge in [0.15, 0.2) is 4.90 Å². The Hall–Kier alpha value is -3.22. The number of sulfonamides is 1. The van der Waals surface area contributed by atoms with Crippen molar-refractivity contribution in [3.63, 3.8) is 0 Å². The highest BCUT2D eigenvalue weighted by atomic mass is 32.2. The quantitative estimate of drug-likeness (QED) is 0.415. The topological polar surface area (TPSA) is 117 Å². The highest BCUT2D eigenvalue weighted by Crippen LogP contribution is 2.40. The molecule has 0 saturated carbocycles. The van der Waals surface area contributed by atoms with Crippen LogP contribution < -0.4 is 13.8 Å². The summed E-state index contributed by atoms with van der Waals surface area (Å²) in [5, 5.41) is 3.59. The monoisotopic (exact) mass is 543 g/mol. The van der Waals surface area contributed by atoms with Crippen LogP contribution in [0.15, 0.2) is 29.3 Å². The van der Waals surface area contributed by atoms with E-state index in [0.29, 0.717) is 5.56 Å². The zero-order valence-corrected chi connectivity index (χ0v) is 22.2. The number of ketones is 1. The molecular formula is C24H31F2N3O7S. The predicted molar refractivity (Wildman–Crippen MR) is 130 cm³/mol. The Balaban J connectivity index is 2.05. The Morgan fingerprint density at radius 2 is 1.97 bits per heavy atom. The molecule has 0 spiro atoms. The van der Waals surface area contributed by atoms with E-state index in [1.807, 2.05) is 0 Å². The van der Waals surface area contributed by atoms with Gasteiger partial charge in [-0.2, -0.15) is 8.78 Å². The second-order valence-electron chi connectivity index (χ2n) is 9.57. The molecule has 3 rings (SSSR count). The summed E-state index contributed by atoms with van der Waals surface area (Å²) < 4.78 is 72.1. The van der Waals surface area contributed by atoms with Gasteiger partial charge in [0, 0.05) is 6.42 Å². The zero-order chi connectivity index (χ0) is 27.5. The number of ether oxygens (including phenoxy) is 3. The molecule has 0 radical (unpaired) electrons. The van der Waals surface area contributed by atoms with Gasteiger partial charge in [-0.05, 0) is 58.7 Å². The normalized spacial score (nSPS) is 15.8. The van der Waals surface area contributed by atoms with Gasteiger partial charge >= 0.3 is 12.5 Å². The summed E-state index contributed by atoms with van der Waals surface area (Å²) in [6.45, 7) is 4.92. The van der Waals surface area contributed by atoms with Gasteiger partial charge in [-0.25, -0.2) is 13.1 Å². The van der Waals surface area contributed by atoms with Crippen LogP contribution >= 0.6 is 0 Å². The zero-order valence-electron chi connectivity index (χ0n) is 21.4. The van der Waals surface area contributed by atoms with E-state index in [2.05, 4.69) is 5.10 Å². The van der Waals surface area contributed by atoms with E-state index < -0.39 is 45.0 Å². The van der Waals surface area contributed by atoms with Crippen molar-refractivity contribution in [2.75, 3.05) is 17.5 Å². The fourth-order valence-electron chi connectivity index (χ4n) is 3.74. The predicted octanol–water partition coefficient (Wildman–Crippen LogP) is 3.89. The molecule has 0 saturated heterocycles. The number of hydrogen-bond acceptors (Lipinski definition) is 8. The van der Waals surface area contributed by atoms with E-state index in [-0.39, 0.29) is 54.3 Å². The van der Waals surface area contributed by atoms with Crippen molar-refractivity contribution < 1.29 is 41.0 Å². The third kappa shape index (κ3) is 6.96. The summed E-state index contributed by atoms with van der Waals surface area (Å²) in [6, 6.07) is 4.63. The number of alkyl halides is 2. The van der Waals surface area contributed by atoms with Crippen molar-refractivity contribution in [3.05, 3.63) is 30.0 Å². The molecule has 0 amide bonds. The van der Waals surface area contributed by atoms with Crippen molar-refractivity contribution >= 4 is 27.5 Å². The van der Waals surface area contributed by atoms with Crippen molar-refractivity contribution in [3.8, 4) is 11.6 Å². The molecule has 0 bridgehead atoms. The van der Waals surface area contributed by atoms with Crippen LogP contribution in [0.1, 0.15) is 59.6 Å². The minimum atomic E-state index is -4.48. The number of anilines is 1. The van der Waals surface area contributed by atoms with Gasteiger partial charge in [0.2, 0.25) is 0 Å². The Bertz CT molecular complexity index is 1260. The first-order valence-electron chi connectivity index (χ1n) is 11.7. The van der Waals surface area contributed by atoms with E-state index in [1.54, 1.807) is 33.8 Å². The summed E-state index contributed by atoms with van der Waals surface area (Å²) in [5.41, 5.74) is -0.117. The van der Waals surface area contributed by atoms with Crippen molar-refractivity contribution in [1.29, 1.82) is 0 Å². The van der Waals surface area contributed by atoms with Crippen LogP contribution in [0, 0.1) is 0 Å². The number of carbonyl (C=O) groups excluding carboxylic acids is 2. The molecule has 1 aromatic heterocycles. The Morgan fingerprint density at radius 1 is 1.27 bits per heavy atom. The molecule has 1 aliphatic heterocycles. The number of fused-ring (bicyclic) bond motifs is 1. The average Bonchev–Trinajstić information content (AvgIpc) is 3.21. The summed E-state index contributed by atoms with van der Waals surface area (Å²) in [6.07, 6.45) is 0.325. The van der Waals surface area contributed by atoms with Crippen molar-refractivity contribution in [2.24, 2.45) is 0 Å². The number of halogens is 2. The van der Waals surface area contributed by atoms with E-state index >= 15 is 0 Å². The SMILES string of the molecule is CCOc1nn(C(F)F)cc1S(=O)(=O)N1C[C@H](CCC(C)=O)Oc2ccc(CC(=O)OC(C)(C)C)cc21. The molecule has 0 fully saturated rings. The maximum atomic E-state index is 13.8. The molecule has 2 aromatic rings. The number of hydrogen-bond donors (Lipinski definition) is 0. The number of rotatable bonds is 10. The summed E-state index contributed by atoms with van der Waals surface area (Å²) in [4.78, 5) is 23.4. The molecule has 1 aromatic carbocycles. The van der Waals surface area contributed by atoms with Crippen LogP contribution in [-0.4, -0.2) is 54.8 Å². The number of nitrogens with zero attached hydrogens (tertiary/aromatic N) is 3. The first-order chi connectivity index (χ1) is 17.2. The fraction of sp³-hybridized carbons (Fsp3) is 0.542. The van der Waals surface area contributed by atoms with Crippen LogP contribution in [0.5, 0.6) is 11.6 Å². The standard InChI is InChI=1S/C24H31F2N3O7S/c1-6-34-22-20(14-28(27-22)23(25)26)37(32,33)29-13-17(9-7-15(2)30)35-19-10-8-16(11-18(19)29)12-21(31)36-24(3,4)5/h8,10-11,14,17,23H,6-7,9,12-13H2,1-5H3/t17-/m0/s1.